The van der Waals surface area contributed by atoms with Crippen LogP contribution < -0.4 is 5.32 Å². The predicted molar refractivity (Wildman–Crippen MR) is 109 cm³/mol. The molecule has 1 atom stereocenters. The minimum Gasteiger partial charge on any atom is -0.467 e. The third-order valence-electron chi connectivity index (χ3n) is 4.77. The van der Waals surface area contributed by atoms with E-state index in [1.54, 1.807) is 0 Å². The summed E-state index contributed by atoms with van der Waals surface area (Å²) in [6, 6.07) is 20.9. The van der Waals surface area contributed by atoms with E-state index < -0.39 is 35.5 Å². The van der Waals surface area contributed by atoms with Gasteiger partial charge < -0.3 is 10.1 Å². The van der Waals surface area contributed by atoms with E-state index >= 15 is 0 Å². The Labute approximate surface area is 173 Å². The molecule has 0 saturated heterocycles. The molecule has 30 heavy (non-hydrogen) atoms. The average molecular weight is 409 g/mol. The lowest BCUT2D eigenvalue weighted by molar-refractivity contribution is -0.145. The molecule has 0 aliphatic carbocycles. The number of rotatable bonds is 7. The Morgan fingerprint density at radius 1 is 0.867 bits per heavy atom. The smallest absolute Gasteiger partial charge is 0.329 e. The number of halogens is 2. The van der Waals surface area contributed by atoms with Crippen molar-refractivity contribution in [3.05, 3.63) is 107 Å². The molecule has 0 aromatic heterocycles. The third kappa shape index (κ3) is 5.08. The van der Waals surface area contributed by atoms with E-state index in [2.05, 4.69) is 5.32 Å². The van der Waals surface area contributed by atoms with Crippen LogP contribution in [0.1, 0.15) is 22.6 Å². The molecule has 1 amide bonds. The van der Waals surface area contributed by atoms with Gasteiger partial charge in [0.15, 0.2) is 11.6 Å². The summed E-state index contributed by atoms with van der Waals surface area (Å²) in [7, 11) is 1.25. The zero-order valence-electron chi connectivity index (χ0n) is 16.3. The summed E-state index contributed by atoms with van der Waals surface area (Å²) in [6.45, 7) is 0. The molecular weight excluding hydrogens is 388 g/mol. The highest BCUT2D eigenvalue weighted by Gasteiger charge is 2.33. The first kappa shape index (κ1) is 21.2. The van der Waals surface area contributed by atoms with Crippen molar-refractivity contribution in [1.29, 1.82) is 0 Å². The van der Waals surface area contributed by atoms with Gasteiger partial charge in [-0.2, -0.15) is 0 Å². The molecule has 0 bridgehead atoms. The van der Waals surface area contributed by atoms with Crippen LogP contribution in [0, 0.1) is 11.6 Å². The number of hydrogen-bond donors (Lipinski definition) is 1. The number of methoxy groups -OCH3 is 1. The average Bonchev–Trinajstić information content (AvgIpc) is 2.77. The second-order valence-electron chi connectivity index (χ2n) is 6.79. The Bertz CT molecular complexity index is 970. The van der Waals surface area contributed by atoms with Crippen LogP contribution in [0.3, 0.4) is 0 Å². The largest absolute Gasteiger partial charge is 0.467 e. The normalized spacial score (nSPS) is 11.7. The van der Waals surface area contributed by atoms with Gasteiger partial charge >= 0.3 is 5.97 Å². The Balaban J connectivity index is 1.91. The number of benzene rings is 3. The maximum Gasteiger partial charge on any atom is 0.329 e. The van der Waals surface area contributed by atoms with Crippen molar-refractivity contribution in [3.63, 3.8) is 0 Å². The molecule has 0 fully saturated rings. The van der Waals surface area contributed by atoms with Crippen LogP contribution in [-0.4, -0.2) is 25.0 Å². The lowest BCUT2D eigenvalue weighted by atomic mass is 9.85. The highest BCUT2D eigenvalue weighted by Crippen LogP contribution is 2.29. The minimum absolute atomic E-state index is 0.207. The van der Waals surface area contributed by atoms with Crippen molar-refractivity contribution in [1.82, 2.24) is 5.32 Å². The summed E-state index contributed by atoms with van der Waals surface area (Å²) < 4.78 is 31.6. The highest BCUT2D eigenvalue weighted by atomic mass is 19.2. The molecule has 3 rings (SSSR count). The Kier molecular flexibility index (Phi) is 6.91. The molecule has 6 heteroatoms. The summed E-state index contributed by atoms with van der Waals surface area (Å²) >= 11 is 0. The minimum atomic E-state index is -1.03. The third-order valence-corrected chi connectivity index (χ3v) is 4.77. The van der Waals surface area contributed by atoms with Crippen molar-refractivity contribution >= 4 is 11.9 Å². The number of carbonyl (C=O) groups is 2. The fraction of sp³-hybridized carbons (Fsp3) is 0.167. The van der Waals surface area contributed by atoms with E-state index in [1.165, 1.54) is 13.2 Å². The van der Waals surface area contributed by atoms with Crippen LogP contribution in [-0.2, 0) is 20.7 Å². The second-order valence-corrected chi connectivity index (χ2v) is 6.79. The topological polar surface area (TPSA) is 55.4 Å². The lowest BCUT2D eigenvalue weighted by Crippen LogP contribution is -2.46. The van der Waals surface area contributed by atoms with Gasteiger partial charge in [0.1, 0.15) is 6.04 Å². The number of hydrogen-bond acceptors (Lipinski definition) is 3. The molecule has 3 aromatic rings. The monoisotopic (exact) mass is 409 g/mol. The quantitative estimate of drug-likeness (QED) is 0.600. The van der Waals surface area contributed by atoms with Gasteiger partial charge in [0.2, 0.25) is 5.91 Å². The summed E-state index contributed by atoms with van der Waals surface area (Å²) in [4.78, 5) is 25.3. The first-order valence-corrected chi connectivity index (χ1v) is 9.40. The molecular formula is C24H21F2NO3. The van der Waals surface area contributed by atoms with Crippen LogP contribution in [0.25, 0.3) is 0 Å². The summed E-state index contributed by atoms with van der Waals surface area (Å²) in [5, 5.41) is 2.72. The van der Waals surface area contributed by atoms with E-state index in [1.807, 2.05) is 60.7 Å². The summed E-state index contributed by atoms with van der Waals surface area (Å²) in [5.74, 6) is -3.62. The second kappa shape index (κ2) is 9.78. The van der Waals surface area contributed by atoms with Gasteiger partial charge in [-0.25, -0.2) is 13.6 Å². The van der Waals surface area contributed by atoms with Gasteiger partial charge in [-0.1, -0.05) is 66.7 Å². The molecule has 0 spiro atoms. The summed E-state index contributed by atoms with van der Waals surface area (Å²) in [6.07, 6.45) is -0.207. The number of carbonyl (C=O) groups excluding carboxylic acids is 2. The fourth-order valence-electron chi connectivity index (χ4n) is 3.36. The van der Waals surface area contributed by atoms with Gasteiger partial charge in [-0.05, 0) is 28.8 Å². The van der Waals surface area contributed by atoms with Crippen LogP contribution in [0.2, 0.25) is 0 Å². The molecule has 4 nitrogen and oxygen atoms in total. The van der Waals surface area contributed by atoms with Gasteiger partial charge in [0, 0.05) is 5.92 Å². The zero-order valence-corrected chi connectivity index (χ0v) is 16.3. The van der Waals surface area contributed by atoms with Gasteiger partial charge in [-0.3, -0.25) is 4.79 Å². The first-order chi connectivity index (χ1) is 14.5. The molecule has 0 heterocycles. The molecule has 1 N–H and O–H groups in total. The van der Waals surface area contributed by atoms with Crippen molar-refractivity contribution in [2.75, 3.05) is 7.11 Å². The molecule has 0 aliphatic heterocycles. The van der Waals surface area contributed by atoms with E-state index in [-0.39, 0.29) is 6.42 Å². The lowest BCUT2D eigenvalue weighted by Gasteiger charge is -2.27. The molecule has 0 radical (unpaired) electrons. The van der Waals surface area contributed by atoms with Crippen LogP contribution in [0.4, 0.5) is 8.78 Å². The van der Waals surface area contributed by atoms with Crippen LogP contribution in [0.15, 0.2) is 78.9 Å². The van der Waals surface area contributed by atoms with Crippen LogP contribution in [0.5, 0.6) is 0 Å². The Morgan fingerprint density at radius 3 is 1.93 bits per heavy atom. The summed E-state index contributed by atoms with van der Waals surface area (Å²) in [5.41, 5.74) is 1.95. The standard InChI is InChI=1S/C24H21F2NO3/c1-30-24(29)23(27-21(28)15-16-12-13-19(25)20(26)14-16)22(17-8-4-2-5-9-17)18-10-6-3-7-11-18/h2-14,22-23H,15H2,1H3,(H,27,28)/t23-/m1/s1. The Hall–Kier alpha value is -3.54. The van der Waals surface area contributed by atoms with Crippen molar-refractivity contribution in [2.24, 2.45) is 0 Å². The van der Waals surface area contributed by atoms with Gasteiger partial charge in [-0.15, -0.1) is 0 Å². The predicted octanol–water partition coefficient (Wildman–Crippen LogP) is 4.00. The van der Waals surface area contributed by atoms with E-state index in [0.29, 0.717) is 5.56 Å². The van der Waals surface area contributed by atoms with E-state index in [4.69, 9.17) is 4.74 Å². The van der Waals surface area contributed by atoms with Crippen molar-refractivity contribution < 1.29 is 23.1 Å². The maximum absolute atomic E-state index is 13.5. The van der Waals surface area contributed by atoms with Crippen molar-refractivity contribution in [3.8, 4) is 0 Å². The molecule has 0 aliphatic rings. The molecule has 0 saturated carbocycles. The molecule has 154 valence electrons. The van der Waals surface area contributed by atoms with Crippen LogP contribution >= 0.6 is 0 Å². The number of ether oxygens (including phenoxy) is 1. The number of amides is 1. The Morgan fingerprint density at radius 2 is 1.43 bits per heavy atom. The molecule has 0 unspecified atom stereocenters. The first-order valence-electron chi connectivity index (χ1n) is 9.40. The van der Waals surface area contributed by atoms with E-state index in [9.17, 15) is 18.4 Å². The number of esters is 1. The highest BCUT2D eigenvalue weighted by molar-refractivity contribution is 5.87. The molecule has 3 aromatic carbocycles. The van der Waals surface area contributed by atoms with Gasteiger partial charge in [0.05, 0.1) is 13.5 Å². The SMILES string of the molecule is COC(=O)[C@H](NC(=O)Cc1ccc(F)c(F)c1)C(c1ccccc1)c1ccccc1. The fourth-order valence-corrected chi connectivity index (χ4v) is 3.36. The number of nitrogens with one attached hydrogen (secondary N) is 1. The maximum atomic E-state index is 13.5. The van der Waals surface area contributed by atoms with E-state index in [0.717, 1.165) is 23.3 Å². The van der Waals surface area contributed by atoms with Gasteiger partial charge in [0.25, 0.3) is 0 Å². The zero-order chi connectivity index (χ0) is 21.5. The van der Waals surface area contributed by atoms with Crippen molar-refractivity contribution in [2.45, 2.75) is 18.4 Å².